The quantitative estimate of drug-likeness (QED) is 0.227. The predicted octanol–water partition coefficient (Wildman–Crippen LogP) is 5.27. The number of nitrogens with one attached hydrogen (secondary N) is 1. The number of hydrogen-bond acceptors (Lipinski definition) is 9. The largest absolute Gasteiger partial charge is 0.487 e. The number of fused-ring (bicyclic) bond motifs is 5. The fraction of sp³-hybridized carbons (Fsp3) is 0.214. The maximum absolute atomic E-state index is 13.5. The molecule has 9 nitrogen and oxygen atoms in total. The molecule has 6 rings (SSSR count). The van der Waals surface area contributed by atoms with Gasteiger partial charge in [0.15, 0.2) is 0 Å². The van der Waals surface area contributed by atoms with Crippen molar-refractivity contribution in [3.05, 3.63) is 82.6 Å². The molecule has 1 aliphatic carbocycles. The molecule has 3 aromatic heterocycles. The van der Waals surface area contributed by atoms with Crippen LogP contribution in [0.15, 0.2) is 55.0 Å². The molecular weight excluding hydrogens is 555 g/mol. The third kappa shape index (κ3) is 5.35. The van der Waals surface area contributed by atoms with Crippen LogP contribution in [-0.2, 0) is 35.5 Å². The normalized spacial score (nSPS) is 12.2. The number of ether oxygens (including phenoxy) is 2. The summed E-state index contributed by atoms with van der Waals surface area (Å²) < 4.78 is 26.2. The van der Waals surface area contributed by atoms with Gasteiger partial charge in [0, 0.05) is 22.3 Å². The van der Waals surface area contributed by atoms with Gasteiger partial charge < -0.3 is 20.5 Å². The van der Waals surface area contributed by atoms with E-state index in [2.05, 4.69) is 15.3 Å². The SMILES string of the molecule is NCC(=O)OCCn1cc2c(n1)CCc1c-2sc2ncnc(Nc3ccc(OCc4cccc(F)c4)c(Cl)c3)c12. The van der Waals surface area contributed by atoms with Gasteiger partial charge in [-0.2, -0.15) is 5.10 Å². The third-order valence-corrected chi connectivity index (χ3v) is 7.98. The second-order valence-corrected chi connectivity index (χ2v) is 10.6. The number of carbonyl (C=O) groups is 1. The lowest BCUT2D eigenvalue weighted by atomic mass is 9.95. The molecule has 0 amide bonds. The van der Waals surface area contributed by atoms with Gasteiger partial charge in [-0.1, -0.05) is 23.7 Å². The summed E-state index contributed by atoms with van der Waals surface area (Å²) >= 11 is 8.12. The van der Waals surface area contributed by atoms with Gasteiger partial charge in [-0.05, 0) is 54.3 Å². The van der Waals surface area contributed by atoms with Gasteiger partial charge in [-0.3, -0.25) is 9.48 Å². The first-order chi connectivity index (χ1) is 19.5. The number of nitrogens with zero attached hydrogens (tertiary/aromatic N) is 4. The van der Waals surface area contributed by atoms with Crippen LogP contribution < -0.4 is 15.8 Å². The van der Waals surface area contributed by atoms with E-state index in [-0.39, 0.29) is 25.6 Å². The van der Waals surface area contributed by atoms with Gasteiger partial charge >= 0.3 is 5.97 Å². The van der Waals surface area contributed by atoms with Crippen molar-refractivity contribution in [2.45, 2.75) is 26.0 Å². The van der Waals surface area contributed by atoms with E-state index in [4.69, 9.17) is 31.9 Å². The molecule has 2 aromatic carbocycles. The Kier molecular flexibility index (Phi) is 7.33. The molecule has 0 atom stereocenters. The molecule has 0 aliphatic heterocycles. The summed E-state index contributed by atoms with van der Waals surface area (Å²) in [5, 5.41) is 9.48. The molecule has 3 N–H and O–H groups in total. The average molecular weight is 579 g/mol. The zero-order valence-corrected chi connectivity index (χ0v) is 22.8. The molecule has 0 unspecified atom stereocenters. The van der Waals surface area contributed by atoms with Crippen LogP contribution >= 0.6 is 22.9 Å². The Labute approximate surface area is 237 Å². The molecule has 12 heteroatoms. The van der Waals surface area contributed by atoms with Crippen LogP contribution in [0.3, 0.4) is 0 Å². The summed E-state index contributed by atoms with van der Waals surface area (Å²) in [7, 11) is 0. The van der Waals surface area contributed by atoms with Crippen molar-refractivity contribution in [3.8, 4) is 16.2 Å². The predicted molar refractivity (Wildman–Crippen MR) is 152 cm³/mol. The Morgan fingerprint density at radius 1 is 1.20 bits per heavy atom. The lowest BCUT2D eigenvalue weighted by molar-refractivity contribution is -0.142. The van der Waals surface area contributed by atoms with E-state index in [0.717, 1.165) is 44.9 Å². The van der Waals surface area contributed by atoms with Crippen molar-refractivity contribution in [2.75, 3.05) is 18.5 Å². The van der Waals surface area contributed by atoms with Crippen LogP contribution in [0.2, 0.25) is 5.02 Å². The summed E-state index contributed by atoms with van der Waals surface area (Å²) in [5.41, 5.74) is 10.00. The summed E-state index contributed by atoms with van der Waals surface area (Å²) in [6.07, 6.45) is 5.11. The second kappa shape index (κ2) is 11.2. The first-order valence-electron chi connectivity index (χ1n) is 12.6. The lowest BCUT2D eigenvalue weighted by Crippen LogP contribution is -2.19. The maximum atomic E-state index is 13.5. The number of hydrogen-bond donors (Lipinski definition) is 2. The van der Waals surface area contributed by atoms with E-state index in [1.807, 2.05) is 12.3 Å². The average Bonchev–Trinajstić information content (AvgIpc) is 3.54. The number of rotatable bonds is 9. The van der Waals surface area contributed by atoms with E-state index >= 15 is 0 Å². The number of halogens is 2. The minimum Gasteiger partial charge on any atom is -0.487 e. The van der Waals surface area contributed by atoms with E-state index in [1.54, 1.807) is 46.6 Å². The molecule has 0 fully saturated rings. The smallest absolute Gasteiger partial charge is 0.319 e. The molecule has 5 aromatic rings. The van der Waals surface area contributed by atoms with Crippen LogP contribution in [-0.4, -0.2) is 38.9 Å². The van der Waals surface area contributed by atoms with Crippen molar-refractivity contribution in [1.82, 2.24) is 19.7 Å². The molecule has 0 bridgehead atoms. The molecule has 204 valence electrons. The Morgan fingerprint density at radius 2 is 2.10 bits per heavy atom. The molecule has 3 heterocycles. The topological polar surface area (TPSA) is 117 Å². The summed E-state index contributed by atoms with van der Waals surface area (Å²) in [6, 6.07) is 11.7. The van der Waals surface area contributed by atoms with Gasteiger partial charge in [0.1, 0.15) is 41.8 Å². The van der Waals surface area contributed by atoms with Crippen LogP contribution in [0.25, 0.3) is 20.7 Å². The van der Waals surface area contributed by atoms with Crippen molar-refractivity contribution in [2.24, 2.45) is 5.73 Å². The van der Waals surface area contributed by atoms with Crippen molar-refractivity contribution in [1.29, 1.82) is 0 Å². The van der Waals surface area contributed by atoms with Gasteiger partial charge in [0.05, 0.1) is 29.2 Å². The van der Waals surface area contributed by atoms with Gasteiger partial charge in [-0.15, -0.1) is 11.3 Å². The highest BCUT2D eigenvalue weighted by molar-refractivity contribution is 7.22. The minimum atomic E-state index is -0.436. The van der Waals surface area contributed by atoms with E-state index < -0.39 is 5.97 Å². The highest BCUT2D eigenvalue weighted by Crippen LogP contribution is 2.45. The molecular formula is C28H24ClFN6O3S. The molecule has 0 saturated heterocycles. The van der Waals surface area contributed by atoms with Crippen LogP contribution in [0.4, 0.5) is 15.9 Å². The first kappa shape index (κ1) is 26.2. The fourth-order valence-electron chi connectivity index (χ4n) is 4.67. The number of nitrogens with two attached hydrogens (primary N) is 1. The zero-order valence-electron chi connectivity index (χ0n) is 21.2. The standard InChI is InChI=1S/C28H24ClFN6O3S/c29-21-11-18(4-7-23(21)39-14-16-2-1-3-17(30)10-16)34-27-25-19-5-6-22-20(26(19)40-28(25)33-15-32-27)13-36(35-22)8-9-38-24(37)12-31/h1-4,7,10-11,13,15H,5-6,8-9,12,14,31H2,(H,32,33,34). The van der Waals surface area contributed by atoms with E-state index in [0.29, 0.717) is 28.7 Å². The third-order valence-electron chi connectivity index (χ3n) is 6.51. The number of benzene rings is 2. The Balaban J connectivity index is 1.22. The molecule has 40 heavy (non-hydrogen) atoms. The molecule has 0 saturated carbocycles. The summed E-state index contributed by atoms with van der Waals surface area (Å²) in [4.78, 5) is 22.4. The van der Waals surface area contributed by atoms with Crippen LogP contribution in [0.5, 0.6) is 5.75 Å². The highest BCUT2D eigenvalue weighted by atomic mass is 35.5. The zero-order chi connectivity index (χ0) is 27.6. The maximum Gasteiger partial charge on any atom is 0.319 e. The number of esters is 1. The Bertz CT molecular complexity index is 1720. The van der Waals surface area contributed by atoms with E-state index in [1.165, 1.54) is 17.7 Å². The highest BCUT2D eigenvalue weighted by Gasteiger charge is 2.26. The van der Waals surface area contributed by atoms with Crippen LogP contribution in [0.1, 0.15) is 16.8 Å². The van der Waals surface area contributed by atoms with Gasteiger partial charge in [-0.25, -0.2) is 14.4 Å². The van der Waals surface area contributed by atoms with Crippen molar-refractivity contribution < 1.29 is 18.7 Å². The number of thiophene rings is 1. The van der Waals surface area contributed by atoms with E-state index in [9.17, 15) is 9.18 Å². The second-order valence-electron chi connectivity index (χ2n) is 9.18. The monoisotopic (exact) mass is 578 g/mol. The summed E-state index contributed by atoms with van der Waals surface area (Å²) in [6.45, 7) is 0.731. The van der Waals surface area contributed by atoms with Crippen molar-refractivity contribution >= 4 is 50.6 Å². The molecule has 0 spiro atoms. The minimum absolute atomic E-state index is 0.140. The lowest BCUT2D eigenvalue weighted by Gasteiger charge is -2.13. The number of aryl methyl sites for hydroxylation is 2. The summed E-state index contributed by atoms with van der Waals surface area (Å²) in [5.74, 6) is 0.444. The van der Waals surface area contributed by atoms with Crippen molar-refractivity contribution in [3.63, 3.8) is 0 Å². The Morgan fingerprint density at radius 3 is 2.92 bits per heavy atom. The molecule has 1 aliphatic rings. The Hall–Kier alpha value is -4.06. The molecule has 0 radical (unpaired) electrons. The van der Waals surface area contributed by atoms with Gasteiger partial charge in [0.25, 0.3) is 0 Å². The first-order valence-corrected chi connectivity index (χ1v) is 13.8. The fourth-order valence-corrected chi connectivity index (χ4v) is 6.13. The van der Waals surface area contributed by atoms with Crippen LogP contribution in [0, 0.1) is 5.82 Å². The number of anilines is 2. The number of aromatic nitrogens is 4. The van der Waals surface area contributed by atoms with Gasteiger partial charge in [0.2, 0.25) is 0 Å². The number of carbonyl (C=O) groups excluding carboxylic acids is 1.